The molecule has 0 saturated heterocycles. The van der Waals surface area contributed by atoms with Crippen LogP contribution >= 0.6 is 11.8 Å². The van der Waals surface area contributed by atoms with Crippen molar-refractivity contribution in [3.63, 3.8) is 0 Å². The molecule has 18 heavy (non-hydrogen) atoms. The van der Waals surface area contributed by atoms with Crippen molar-refractivity contribution >= 4 is 29.3 Å². The largest absolute Gasteiger partial charge is 0.352 e. The van der Waals surface area contributed by atoms with Gasteiger partial charge in [-0.3, -0.25) is 9.59 Å². The van der Waals surface area contributed by atoms with E-state index in [1.54, 1.807) is 23.9 Å². The van der Waals surface area contributed by atoms with Gasteiger partial charge in [0.2, 0.25) is 5.91 Å². The van der Waals surface area contributed by atoms with Crippen molar-refractivity contribution in [2.45, 2.75) is 12.8 Å². The fraction of sp³-hybridized carbons (Fsp3) is 0.385. The van der Waals surface area contributed by atoms with E-state index in [1.807, 2.05) is 12.3 Å². The summed E-state index contributed by atoms with van der Waals surface area (Å²) >= 11 is 1.76. The number of thioether (sulfide) groups is 1. The highest BCUT2D eigenvalue weighted by atomic mass is 32.2. The predicted octanol–water partition coefficient (Wildman–Crippen LogP) is 2.16. The molecular weight excluding hydrogens is 248 g/mol. The third kappa shape index (κ3) is 2.85. The average Bonchev–Trinajstić information content (AvgIpc) is 2.74. The van der Waals surface area contributed by atoms with Crippen LogP contribution in [0.2, 0.25) is 0 Å². The summed E-state index contributed by atoms with van der Waals surface area (Å²) < 4.78 is 0. The van der Waals surface area contributed by atoms with Gasteiger partial charge in [-0.15, -0.1) is 0 Å². The zero-order valence-electron chi connectivity index (χ0n) is 10.3. The number of amides is 2. The second kappa shape index (κ2) is 5.91. The number of carbonyl (C=O) groups excluding carboxylic acids is 2. The Morgan fingerprint density at radius 1 is 1.56 bits per heavy atom. The first-order chi connectivity index (χ1) is 8.72. The number of hydrogen-bond acceptors (Lipinski definition) is 3. The van der Waals surface area contributed by atoms with E-state index in [1.165, 1.54) is 0 Å². The third-order valence-electron chi connectivity index (χ3n) is 2.84. The molecule has 0 aliphatic carbocycles. The molecule has 1 aromatic rings. The Labute approximate surface area is 113 Å². The lowest BCUT2D eigenvalue weighted by Crippen LogP contribution is -2.25. The van der Waals surface area contributed by atoms with Crippen LogP contribution in [0.1, 0.15) is 25.2 Å². The van der Waals surface area contributed by atoms with Gasteiger partial charge in [0.05, 0.1) is 6.42 Å². The number of fused-ring (bicyclic) bond motifs is 1. The topological polar surface area (TPSA) is 58.2 Å². The first-order valence-corrected chi connectivity index (χ1v) is 7.30. The molecule has 1 aliphatic heterocycles. The smallest absolute Gasteiger partial charge is 0.251 e. The molecule has 5 heteroatoms. The second-order valence-corrected chi connectivity index (χ2v) is 5.14. The average molecular weight is 268 g/mol. The van der Waals surface area contributed by atoms with Crippen molar-refractivity contribution in [3.8, 4) is 0 Å². The minimum atomic E-state index is -0.0931. The summed E-state index contributed by atoms with van der Waals surface area (Å²) in [6.45, 7) is 0.671. The summed E-state index contributed by atoms with van der Waals surface area (Å²) in [5.74, 6) is 0.893. The lowest BCUT2D eigenvalue weighted by molar-refractivity contribution is -0.115. The van der Waals surface area contributed by atoms with Crippen LogP contribution in [0, 0.1) is 0 Å². The number of carbonyl (C=O) groups is 2. The fourth-order valence-electron chi connectivity index (χ4n) is 1.98. The third-order valence-corrected chi connectivity index (χ3v) is 3.54. The predicted molar refractivity (Wildman–Crippen MR) is 78.3 cm³/mol. The molecule has 0 fully saturated rings. The molecule has 2 amide bonds. The monoisotopic (exact) mass is 268 g/mol. The van der Waals surface area contributed by atoms with Gasteiger partial charge in [0, 0.05) is 20.6 Å². The number of anilines is 1. The Balaban J connectivity index is 0.00000180. The van der Waals surface area contributed by atoms with Crippen LogP contribution in [0.5, 0.6) is 0 Å². The van der Waals surface area contributed by atoms with Crippen LogP contribution < -0.4 is 10.6 Å². The van der Waals surface area contributed by atoms with Crippen LogP contribution in [0.4, 0.5) is 5.69 Å². The Kier molecular flexibility index (Phi) is 4.25. The summed E-state index contributed by atoms with van der Waals surface area (Å²) in [5, 5.41) is 5.63. The van der Waals surface area contributed by atoms with E-state index in [4.69, 9.17) is 0 Å². The summed E-state index contributed by atoms with van der Waals surface area (Å²) in [7, 11) is 0. The highest BCUT2D eigenvalue weighted by molar-refractivity contribution is 7.98. The Morgan fingerprint density at radius 2 is 2.39 bits per heavy atom. The number of nitrogens with one attached hydrogen (secondary N) is 2. The van der Waals surface area contributed by atoms with Crippen molar-refractivity contribution in [2.75, 3.05) is 23.9 Å². The van der Waals surface area contributed by atoms with Gasteiger partial charge >= 0.3 is 0 Å². The van der Waals surface area contributed by atoms with Crippen molar-refractivity contribution in [2.24, 2.45) is 0 Å². The fourth-order valence-corrected chi connectivity index (χ4v) is 2.41. The van der Waals surface area contributed by atoms with E-state index >= 15 is 0 Å². The van der Waals surface area contributed by atoms with Crippen LogP contribution in [0.25, 0.3) is 0 Å². The van der Waals surface area contributed by atoms with Gasteiger partial charge in [0.15, 0.2) is 0 Å². The van der Waals surface area contributed by atoms with Crippen LogP contribution in [0.15, 0.2) is 18.2 Å². The number of benzene rings is 1. The Morgan fingerprint density at radius 3 is 3.17 bits per heavy atom. The van der Waals surface area contributed by atoms with E-state index in [9.17, 15) is 9.59 Å². The van der Waals surface area contributed by atoms with Crippen LogP contribution in [-0.4, -0.2) is 30.4 Å². The van der Waals surface area contributed by atoms with Crippen molar-refractivity contribution in [1.29, 1.82) is 0 Å². The van der Waals surface area contributed by atoms with E-state index in [-0.39, 0.29) is 14.7 Å². The molecule has 0 spiro atoms. The minimum Gasteiger partial charge on any atom is -0.352 e. The van der Waals surface area contributed by atoms with E-state index in [0.29, 0.717) is 18.5 Å². The molecule has 1 aromatic carbocycles. The quantitative estimate of drug-likeness (QED) is 0.805. The van der Waals surface area contributed by atoms with Crippen LogP contribution in [0.3, 0.4) is 0 Å². The van der Waals surface area contributed by atoms with E-state index in [2.05, 4.69) is 10.6 Å². The van der Waals surface area contributed by atoms with Gasteiger partial charge in [-0.25, -0.2) is 0 Å². The molecule has 0 unspecified atom stereocenters. The van der Waals surface area contributed by atoms with Gasteiger partial charge < -0.3 is 10.6 Å². The van der Waals surface area contributed by atoms with Crippen molar-refractivity contribution in [3.05, 3.63) is 29.3 Å². The highest BCUT2D eigenvalue weighted by Crippen LogP contribution is 2.26. The van der Waals surface area contributed by atoms with Gasteiger partial charge in [0.1, 0.15) is 0 Å². The summed E-state index contributed by atoms with van der Waals surface area (Å²) in [6, 6.07) is 5.38. The molecular formula is C13H20N2O2S. The van der Waals surface area contributed by atoms with Gasteiger partial charge in [-0.05, 0) is 36.1 Å². The van der Waals surface area contributed by atoms with E-state index in [0.717, 1.165) is 23.4 Å². The summed E-state index contributed by atoms with van der Waals surface area (Å²) in [5.41, 5.74) is 2.18. The molecule has 0 atom stereocenters. The van der Waals surface area contributed by atoms with Gasteiger partial charge in [-0.2, -0.15) is 11.8 Å². The molecule has 1 heterocycles. The molecule has 2 N–H and O–H groups in total. The van der Waals surface area contributed by atoms with Crippen molar-refractivity contribution in [1.82, 2.24) is 5.32 Å². The first-order valence-electron chi connectivity index (χ1n) is 5.91. The van der Waals surface area contributed by atoms with Crippen LogP contribution in [-0.2, 0) is 11.2 Å². The molecule has 100 valence electrons. The lowest BCUT2D eigenvalue weighted by atomic mass is 10.0. The Hall–Kier alpha value is -1.49. The SMILES string of the molecule is CSCCCNC(=O)c1cccc2c1CC(=O)N2.[HH].[HH]. The Bertz CT molecular complexity index is 483. The summed E-state index contributed by atoms with van der Waals surface area (Å²) in [6.07, 6.45) is 3.30. The maximum absolute atomic E-state index is 12.0. The lowest BCUT2D eigenvalue weighted by Gasteiger charge is -2.08. The normalized spacial score (nSPS) is 13.1. The van der Waals surface area contributed by atoms with Gasteiger partial charge in [0.25, 0.3) is 5.91 Å². The maximum Gasteiger partial charge on any atom is 0.251 e. The molecule has 2 rings (SSSR count). The highest BCUT2D eigenvalue weighted by Gasteiger charge is 2.23. The zero-order valence-corrected chi connectivity index (χ0v) is 11.1. The molecule has 0 saturated carbocycles. The first kappa shape index (κ1) is 13.0. The summed E-state index contributed by atoms with van der Waals surface area (Å²) in [4.78, 5) is 23.3. The zero-order chi connectivity index (χ0) is 13.0. The standard InChI is InChI=1S/C13H16N2O2S.2H2/c1-18-7-3-6-14-13(17)9-4-2-5-11-10(9)8-12(16)15-11;;/h2,4-5H,3,6-8H2,1H3,(H,14,17)(H,15,16);2*1H. The molecule has 1 aliphatic rings. The minimum absolute atomic E-state index is 0. The molecule has 0 bridgehead atoms. The second-order valence-electron chi connectivity index (χ2n) is 4.16. The van der Waals surface area contributed by atoms with E-state index < -0.39 is 0 Å². The molecule has 0 aromatic heterocycles. The number of hydrogen-bond donors (Lipinski definition) is 2. The van der Waals surface area contributed by atoms with Crippen molar-refractivity contribution < 1.29 is 12.4 Å². The molecule has 4 nitrogen and oxygen atoms in total. The number of rotatable bonds is 5. The molecule has 0 radical (unpaired) electrons. The van der Waals surface area contributed by atoms with Gasteiger partial charge in [-0.1, -0.05) is 6.07 Å². The maximum atomic E-state index is 12.0.